The summed E-state index contributed by atoms with van der Waals surface area (Å²) < 4.78 is 87.2. The van der Waals surface area contributed by atoms with Gasteiger partial charge in [-0.25, -0.2) is 0 Å². The molecule has 8 aromatic carbocycles. The molecule has 0 bridgehead atoms. The van der Waals surface area contributed by atoms with Crippen LogP contribution in [0.1, 0.15) is 12.3 Å². The lowest BCUT2D eigenvalue weighted by Gasteiger charge is -2.26. The van der Waals surface area contributed by atoms with Gasteiger partial charge in [0.15, 0.2) is 0 Å². The molecule has 1 aromatic heterocycles. The van der Waals surface area contributed by atoms with Crippen molar-refractivity contribution in [2.75, 3.05) is 4.90 Å². The molecule has 0 N–H and O–H groups in total. The van der Waals surface area contributed by atoms with Gasteiger partial charge in [-0.05, 0) is 86.8 Å². The van der Waals surface area contributed by atoms with E-state index < -0.39 is 42.3 Å². The van der Waals surface area contributed by atoms with Crippen molar-refractivity contribution in [2.24, 2.45) is 0 Å². The molecule has 0 atom stereocenters. The predicted octanol–water partition coefficient (Wildman–Crippen LogP) is 12.7. The van der Waals surface area contributed by atoms with Crippen LogP contribution < -0.4 is 4.90 Å². The van der Waals surface area contributed by atoms with E-state index in [0.29, 0.717) is 16.7 Å². The van der Waals surface area contributed by atoms with Crippen molar-refractivity contribution < 1.29 is 16.8 Å². The first-order valence-corrected chi connectivity index (χ1v) is 15.0. The average molecular weight is 597 g/mol. The van der Waals surface area contributed by atoms with Crippen LogP contribution in [0.3, 0.4) is 0 Å². The van der Waals surface area contributed by atoms with E-state index in [-0.39, 0.29) is 34.7 Å². The van der Waals surface area contributed by atoms with Crippen LogP contribution in [0.4, 0.5) is 17.1 Å². The highest BCUT2D eigenvalue weighted by molar-refractivity contribution is 6.19. The van der Waals surface area contributed by atoms with Crippen LogP contribution in [0.5, 0.6) is 0 Å². The summed E-state index contributed by atoms with van der Waals surface area (Å²) in [7, 11) is 0. The van der Waals surface area contributed by atoms with E-state index in [9.17, 15) is 5.48 Å². The van der Waals surface area contributed by atoms with Gasteiger partial charge in [0.1, 0.15) is 11.2 Å². The Hall–Kier alpha value is -6.12. The fourth-order valence-corrected chi connectivity index (χ4v) is 6.33. The van der Waals surface area contributed by atoms with Crippen LogP contribution in [0, 0.1) is 0 Å². The minimum Gasteiger partial charge on any atom is -0.455 e. The Labute approximate surface area is 280 Å². The summed E-state index contributed by atoms with van der Waals surface area (Å²) in [5, 5.41) is 5.39. The molecule has 216 valence electrons. The average Bonchev–Trinajstić information content (AvgIpc) is 3.61. The molecule has 0 saturated carbocycles. The molecule has 0 aliphatic carbocycles. The predicted molar refractivity (Wildman–Crippen MR) is 194 cm³/mol. The van der Waals surface area contributed by atoms with E-state index in [4.69, 9.17) is 11.3 Å². The Balaban J connectivity index is 1.32. The van der Waals surface area contributed by atoms with E-state index >= 15 is 0 Å². The van der Waals surface area contributed by atoms with Crippen LogP contribution in [0.15, 0.2) is 180 Å². The monoisotopic (exact) mass is 596 g/mol. The second kappa shape index (κ2) is 10.8. The Morgan fingerprint density at radius 1 is 0.457 bits per heavy atom. The van der Waals surface area contributed by atoms with Gasteiger partial charge in [-0.3, -0.25) is 0 Å². The molecule has 0 spiro atoms. The van der Waals surface area contributed by atoms with Crippen molar-refractivity contribution in [3.05, 3.63) is 176 Å². The standard InChI is InChI=1S/C44H29NO/c1-2-15-34(16-3-1)45(35-26-23-32(24-27-35)38-20-9-13-30-11-4-6-18-37(30)38)36-17-8-14-33(29-36)39-21-10-22-42-43(39)41-28-25-31-12-5-7-19-40(31)44(41)46-42/h1-29H/i1D,2D,3D,15D,16D,23D,24D,26D,27D. The van der Waals surface area contributed by atoms with Gasteiger partial charge in [0.05, 0.1) is 12.3 Å². The van der Waals surface area contributed by atoms with Gasteiger partial charge in [-0.15, -0.1) is 0 Å². The first-order chi connectivity index (χ1) is 26.6. The molecular weight excluding hydrogens is 558 g/mol. The lowest BCUT2D eigenvalue weighted by atomic mass is 9.97. The normalized spacial score (nSPS) is 14.2. The molecule has 0 aliphatic rings. The number of nitrogens with zero attached hydrogens (tertiary/aromatic N) is 1. The summed E-state index contributed by atoms with van der Waals surface area (Å²) in [6, 6.07) is 33.4. The zero-order valence-corrected chi connectivity index (χ0v) is 24.4. The quantitative estimate of drug-likeness (QED) is 0.196. The zero-order valence-electron chi connectivity index (χ0n) is 33.4. The molecule has 9 aromatic rings. The highest BCUT2D eigenvalue weighted by Gasteiger charge is 2.17. The lowest BCUT2D eigenvalue weighted by Crippen LogP contribution is -2.09. The topological polar surface area (TPSA) is 16.4 Å². The summed E-state index contributed by atoms with van der Waals surface area (Å²) in [6.45, 7) is 0. The van der Waals surface area contributed by atoms with Gasteiger partial charge in [0, 0.05) is 33.2 Å². The maximum Gasteiger partial charge on any atom is 0.143 e. The number of para-hydroxylation sites is 1. The maximum atomic E-state index is 9.41. The third-order valence-electron chi connectivity index (χ3n) is 8.41. The first-order valence-electron chi connectivity index (χ1n) is 19.5. The van der Waals surface area contributed by atoms with Gasteiger partial charge >= 0.3 is 0 Å². The molecule has 1 heterocycles. The van der Waals surface area contributed by atoms with Crippen molar-refractivity contribution in [1.29, 1.82) is 0 Å². The van der Waals surface area contributed by atoms with Crippen molar-refractivity contribution in [2.45, 2.75) is 0 Å². The van der Waals surface area contributed by atoms with E-state index in [1.54, 1.807) is 30.3 Å². The molecule has 0 amide bonds. The van der Waals surface area contributed by atoms with Gasteiger partial charge < -0.3 is 9.32 Å². The smallest absolute Gasteiger partial charge is 0.143 e. The number of fused-ring (bicyclic) bond motifs is 6. The van der Waals surface area contributed by atoms with E-state index in [0.717, 1.165) is 43.5 Å². The molecule has 0 fully saturated rings. The maximum absolute atomic E-state index is 9.41. The number of hydrogen-bond acceptors (Lipinski definition) is 2. The Kier molecular flexibility index (Phi) is 4.37. The molecule has 0 saturated heterocycles. The Morgan fingerprint density at radius 3 is 1.98 bits per heavy atom. The second-order valence-electron chi connectivity index (χ2n) is 11.1. The zero-order chi connectivity index (χ0) is 38.3. The summed E-state index contributed by atoms with van der Waals surface area (Å²) in [6.07, 6.45) is 0. The summed E-state index contributed by atoms with van der Waals surface area (Å²) >= 11 is 0. The minimum absolute atomic E-state index is 0.0938. The van der Waals surface area contributed by atoms with Gasteiger partial charge in [-0.2, -0.15) is 0 Å². The Morgan fingerprint density at radius 2 is 1.13 bits per heavy atom. The van der Waals surface area contributed by atoms with E-state index in [1.807, 2.05) is 91.0 Å². The lowest BCUT2D eigenvalue weighted by molar-refractivity contribution is 0.673. The third kappa shape index (κ3) is 4.35. The fourth-order valence-electron chi connectivity index (χ4n) is 6.33. The van der Waals surface area contributed by atoms with Crippen molar-refractivity contribution in [1.82, 2.24) is 0 Å². The van der Waals surface area contributed by atoms with Gasteiger partial charge in [-0.1, -0.05) is 127 Å². The highest BCUT2D eigenvalue weighted by Crippen LogP contribution is 2.42. The summed E-state index contributed by atoms with van der Waals surface area (Å²) in [5.41, 5.74) is 3.23. The van der Waals surface area contributed by atoms with Crippen LogP contribution in [-0.2, 0) is 0 Å². The molecule has 0 radical (unpaired) electrons. The van der Waals surface area contributed by atoms with Gasteiger partial charge in [0.2, 0.25) is 0 Å². The highest BCUT2D eigenvalue weighted by atomic mass is 16.3. The van der Waals surface area contributed by atoms with Crippen LogP contribution >= 0.6 is 0 Å². The van der Waals surface area contributed by atoms with Crippen LogP contribution in [0.25, 0.3) is 65.7 Å². The fraction of sp³-hybridized carbons (Fsp3) is 0. The largest absolute Gasteiger partial charge is 0.455 e. The van der Waals surface area contributed by atoms with Gasteiger partial charge in [0.25, 0.3) is 0 Å². The molecule has 0 unspecified atom stereocenters. The molecular formula is C44H29NO. The molecule has 9 rings (SSSR count). The summed E-state index contributed by atoms with van der Waals surface area (Å²) in [5.74, 6) is 0. The van der Waals surface area contributed by atoms with Crippen LogP contribution in [0.2, 0.25) is 0 Å². The van der Waals surface area contributed by atoms with E-state index in [1.165, 1.54) is 4.90 Å². The second-order valence-corrected chi connectivity index (χ2v) is 11.1. The van der Waals surface area contributed by atoms with Crippen LogP contribution in [-0.4, -0.2) is 0 Å². The van der Waals surface area contributed by atoms with Crippen molar-refractivity contribution in [3.8, 4) is 22.3 Å². The summed E-state index contributed by atoms with van der Waals surface area (Å²) in [4.78, 5) is 1.26. The van der Waals surface area contributed by atoms with Crippen molar-refractivity contribution >= 4 is 60.5 Å². The number of anilines is 3. The van der Waals surface area contributed by atoms with E-state index in [2.05, 4.69) is 0 Å². The molecule has 0 aliphatic heterocycles. The number of benzene rings is 8. The number of hydrogen-bond donors (Lipinski definition) is 0. The first kappa shape index (κ1) is 18.6. The SMILES string of the molecule is [2H]c1c([2H])c([2H])c(N(c2cccc(-c3cccc4oc5c6ccccc6ccc5c34)c2)c2c([2H])c([2H])c(-c3cccc4ccccc34)c([2H])c2[2H])c([2H])c1[2H]. The minimum atomic E-state index is -0.596. The molecule has 2 nitrogen and oxygen atoms in total. The third-order valence-corrected chi connectivity index (χ3v) is 8.41. The molecule has 46 heavy (non-hydrogen) atoms. The number of rotatable bonds is 5. The number of furan rings is 1. The van der Waals surface area contributed by atoms with Crippen molar-refractivity contribution in [3.63, 3.8) is 0 Å². The Bertz CT molecular complexity index is 3000. The molecule has 2 heteroatoms.